The number of pyridine rings is 1. The van der Waals surface area contributed by atoms with Gasteiger partial charge >= 0.3 is 0 Å². The molecule has 0 saturated heterocycles. The molecular formula is C13H14ClN3O2S. The summed E-state index contributed by atoms with van der Waals surface area (Å²) in [6.07, 6.45) is 2.84. The Bertz CT molecular complexity index is 760. The topological polar surface area (TPSA) is 85.1 Å². The minimum atomic E-state index is -3.77. The third-order valence-corrected chi connectivity index (χ3v) is 4.91. The van der Waals surface area contributed by atoms with Crippen molar-refractivity contribution in [1.82, 2.24) is 4.98 Å². The summed E-state index contributed by atoms with van der Waals surface area (Å²) in [7, 11) is -3.77. The molecule has 0 spiro atoms. The van der Waals surface area contributed by atoms with E-state index >= 15 is 0 Å². The highest BCUT2D eigenvalue weighted by atomic mass is 35.5. The van der Waals surface area contributed by atoms with Gasteiger partial charge in [-0.2, -0.15) is 0 Å². The Morgan fingerprint density at radius 3 is 2.60 bits per heavy atom. The minimum absolute atomic E-state index is 0.164. The molecule has 7 heteroatoms. The van der Waals surface area contributed by atoms with Crippen LogP contribution in [0.15, 0.2) is 35.5 Å². The second-order valence-corrected chi connectivity index (χ2v) is 6.41. The van der Waals surface area contributed by atoms with Crippen LogP contribution in [-0.2, 0) is 10.0 Å². The molecule has 0 unspecified atom stereocenters. The van der Waals surface area contributed by atoms with Crippen molar-refractivity contribution in [1.29, 1.82) is 0 Å². The van der Waals surface area contributed by atoms with E-state index in [9.17, 15) is 8.42 Å². The molecule has 0 aliphatic rings. The number of nitrogens with zero attached hydrogens (tertiary/aromatic N) is 1. The highest BCUT2D eigenvalue weighted by molar-refractivity contribution is 7.92. The summed E-state index contributed by atoms with van der Waals surface area (Å²) in [6, 6.07) is 4.86. The van der Waals surface area contributed by atoms with Crippen LogP contribution in [-0.4, -0.2) is 13.4 Å². The SMILES string of the molecule is Cc1ccc(N)c(C)c1S(=O)(=O)Nc1cnccc1Cl. The molecule has 0 atom stereocenters. The number of anilines is 2. The predicted molar refractivity (Wildman–Crippen MR) is 80.4 cm³/mol. The molecule has 1 aromatic carbocycles. The van der Waals surface area contributed by atoms with E-state index in [0.29, 0.717) is 16.8 Å². The van der Waals surface area contributed by atoms with Crippen molar-refractivity contribution >= 4 is 33.0 Å². The average Bonchev–Trinajstić information content (AvgIpc) is 2.37. The van der Waals surface area contributed by atoms with E-state index < -0.39 is 10.0 Å². The Balaban J connectivity index is 2.52. The Labute approximate surface area is 122 Å². The van der Waals surface area contributed by atoms with Gasteiger partial charge in [0, 0.05) is 11.9 Å². The predicted octanol–water partition coefficient (Wildman–Crippen LogP) is 2.73. The van der Waals surface area contributed by atoms with E-state index in [4.69, 9.17) is 17.3 Å². The van der Waals surface area contributed by atoms with Crippen molar-refractivity contribution in [2.24, 2.45) is 0 Å². The zero-order valence-electron chi connectivity index (χ0n) is 11.0. The number of halogens is 1. The summed E-state index contributed by atoms with van der Waals surface area (Å²) in [5.74, 6) is 0. The van der Waals surface area contributed by atoms with Crippen LogP contribution in [0.25, 0.3) is 0 Å². The largest absolute Gasteiger partial charge is 0.398 e. The summed E-state index contributed by atoms with van der Waals surface area (Å²) in [5.41, 5.74) is 7.56. The lowest BCUT2D eigenvalue weighted by Crippen LogP contribution is -2.16. The molecule has 1 heterocycles. The molecule has 20 heavy (non-hydrogen) atoms. The fourth-order valence-corrected chi connectivity index (χ4v) is 3.68. The standard InChI is InChI=1S/C13H14ClN3O2S/c1-8-3-4-11(15)9(2)13(8)20(18,19)17-12-7-16-6-5-10(12)14/h3-7,17H,15H2,1-2H3. The molecule has 0 aliphatic carbocycles. The lowest BCUT2D eigenvalue weighted by Gasteiger charge is -2.14. The maximum absolute atomic E-state index is 12.5. The van der Waals surface area contributed by atoms with Crippen molar-refractivity contribution in [3.63, 3.8) is 0 Å². The lowest BCUT2D eigenvalue weighted by molar-refractivity contribution is 0.600. The van der Waals surface area contributed by atoms with Gasteiger partial charge in [0.2, 0.25) is 0 Å². The molecule has 2 aromatic rings. The van der Waals surface area contributed by atoms with E-state index in [1.165, 1.54) is 18.5 Å². The van der Waals surface area contributed by atoms with Gasteiger partial charge in [-0.3, -0.25) is 9.71 Å². The molecule has 2 rings (SSSR count). The molecule has 0 saturated carbocycles. The Morgan fingerprint density at radius 1 is 1.25 bits per heavy atom. The summed E-state index contributed by atoms with van der Waals surface area (Å²) in [4.78, 5) is 4.01. The smallest absolute Gasteiger partial charge is 0.262 e. The normalized spacial score (nSPS) is 11.3. The van der Waals surface area contributed by atoms with Crippen LogP contribution in [0.1, 0.15) is 11.1 Å². The zero-order valence-corrected chi connectivity index (χ0v) is 12.6. The van der Waals surface area contributed by atoms with Crippen LogP contribution >= 0.6 is 11.6 Å². The number of nitrogens with one attached hydrogen (secondary N) is 1. The number of aryl methyl sites for hydroxylation is 1. The summed E-state index contributed by atoms with van der Waals surface area (Å²) >= 11 is 5.94. The van der Waals surface area contributed by atoms with Crippen molar-refractivity contribution in [2.45, 2.75) is 18.7 Å². The monoisotopic (exact) mass is 311 g/mol. The van der Waals surface area contributed by atoms with Crippen LogP contribution in [0, 0.1) is 13.8 Å². The van der Waals surface area contributed by atoms with Gasteiger partial charge in [0.15, 0.2) is 0 Å². The maximum Gasteiger partial charge on any atom is 0.262 e. The molecule has 0 bridgehead atoms. The van der Waals surface area contributed by atoms with Crippen molar-refractivity contribution in [3.8, 4) is 0 Å². The number of hydrogen-bond donors (Lipinski definition) is 2. The van der Waals surface area contributed by atoms with Crippen LogP contribution in [0.3, 0.4) is 0 Å². The van der Waals surface area contributed by atoms with Crippen LogP contribution in [0.5, 0.6) is 0 Å². The first kappa shape index (κ1) is 14.6. The molecule has 106 valence electrons. The van der Waals surface area contributed by atoms with Crippen LogP contribution in [0.2, 0.25) is 5.02 Å². The molecule has 0 aliphatic heterocycles. The van der Waals surface area contributed by atoms with Gasteiger partial charge in [-0.25, -0.2) is 8.42 Å². The van der Waals surface area contributed by atoms with Gasteiger partial charge in [0.1, 0.15) is 0 Å². The Hall–Kier alpha value is -1.79. The Kier molecular flexibility index (Phi) is 3.87. The zero-order chi connectivity index (χ0) is 14.9. The maximum atomic E-state index is 12.5. The van der Waals surface area contributed by atoms with E-state index in [1.54, 1.807) is 26.0 Å². The third kappa shape index (κ3) is 2.71. The number of hydrogen-bond acceptors (Lipinski definition) is 4. The van der Waals surface area contributed by atoms with Crippen molar-refractivity contribution in [2.75, 3.05) is 10.5 Å². The Morgan fingerprint density at radius 2 is 1.95 bits per heavy atom. The second kappa shape index (κ2) is 5.30. The average molecular weight is 312 g/mol. The van der Waals surface area contributed by atoms with E-state index in [2.05, 4.69) is 9.71 Å². The van der Waals surface area contributed by atoms with Gasteiger partial charge in [0.05, 0.1) is 21.8 Å². The highest BCUT2D eigenvalue weighted by Gasteiger charge is 2.21. The fourth-order valence-electron chi connectivity index (χ4n) is 1.90. The summed E-state index contributed by atoms with van der Waals surface area (Å²) in [5, 5.41) is 0.280. The molecule has 0 amide bonds. The number of sulfonamides is 1. The van der Waals surface area contributed by atoms with E-state index in [1.807, 2.05) is 0 Å². The van der Waals surface area contributed by atoms with Gasteiger partial charge in [0.25, 0.3) is 10.0 Å². The van der Waals surface area contributed by atoms with Gasteiger partial charge in [-0.05, 0) is 37.1 Å². The van der Waals surface area contributed by atoms with Gasteiger partial charge < -0.3 is 5.73 Å². The van der Waals surface area contributed by atoms with Gasteiger partial charge in [-0.15, -0.1) is 0 Å². The van der Waals surface area contributed by atoms with E-state index in [0.717, 1.165) is 0 Å². The van der Waals surface area contributed by atoms with Crippen molar-refractivity contribution < 1.29 is 8.42 Å². The molecule has 1 aromatic heterocycles. The third-order valence-electron chi connectivity index (χ3n) is 2.93. The molecule has 0 radical (unpaired) electrons. The van der Waals surface area contributed by atoms with E-state index in [-0.39, 0.29) is 15.6 Å². The number of nitrogen functional groups attached to an aromatic ring is 1. The molecule has 5 nitrogen and oxygen atoms in total. The summed E-state index contributed by atoms with van der Waals surface area (Å²) < 4.78 is 27.4. The highest BCUT2D eigenvalue weighted by Crippen LogP contribution is 2.28. The van der Waals surface area contributed by atoms with Crippen LogP contribution in [0.4, 0.5) is 11.4 Å². The molecule has 3 N–H and O–H groups in total. The summed E-state index contributed by atoms with van der Waals surface area (Å²) in [6.45, 7) is 3.38. The quantitative estimate of drug-likeness (QED) is 0.853. The van der Waals surface area contributed by atoms with Crippen LogP contribution < -0.4 is 10.5 Å². The number of aromatic nitrogens is 1. The lowest BCUT2D eigenvalue weighted by atomic mass is 10.1. The first-order chi connectivity index (χ1) is 9.33. The molecular weight excluding hydrogens is 298 g/mol. The minimum Gasteiger partial charge on any atom is -0.398 e. The van der Waals surface area contributed by atoms with Crippen molar-refractivity contribution in [3.05, 3.63) is 46.7 Å². The first-order valence-electron chi connectivity index (χ1n) is 5.81. The number of benzene rings is 1. The molecule has 0 fully saturated rings. The fraction of sp³-hybridized carbons (Fsp3) is 0.154. The second-order valence-electron chi connectivity index (χ2n) is 4.39. The number of rotatable bonds is 3. The van der Waals surface area contributed by atoms with Gasteiger partial charge in [-0.1, -0.05) is 17.7 Å². The number of nitrogens with two attached hydrogens (primary N) is 1. The first-order valence-corrected chi connectivity index (χ1v) is 7.67.